The Morgan fingerprint density at radius 3 is 2.61 bits per heavy atom. The molecule has 1 saturated carbocycles. The second-order valence-corrected chi connectivity index (χ2v) is 4.66. The number of nitrogens with zero attached hydrogens (tertiary/aromatic N) is 2. The average Bonchev–Trinajstić information content (AvgIpc) is 2.96. The number of nitrogens with two attached hydrogens (primary N) is 2. The highest BCUT2D eigenvalue weighted by molar-refractivity contribution is 7.13. The molecule has 0 aromatic carbocycles. The monoisotopic (exact) mass is 270 g/mol. The fourth-order valence-electron chi connectivity index (χ4n) is 1.21. The number of oxime groups is 1. The van der Waals surface area contributed by atoms with E-state index in [1.165, 1.54) is 5.38 Å². The van der Waals surface area contributed by atoms with Crippen LogP contribution in [0.2, 0.25) is 0 Å². The van der Waals surface area contributed by atoms with Gasteiger partial charge in [-0.1, -0.05) is 5.16 Å². The lowest BCUT2D eigenvalue weighted by atomic mass is 10.3. The Morgan fingerprint density at radius 2 is 2.22 bits per heavy atom. The highest BCUT2D eigenvalue weighted by Crippen LogP contribution is 2.40. The van der Waals surface area contributed by atoms with Crippen LogP contribution in [0.3, 0.4) is 0 Å². The van der Waals surface area contributed by atoms with Gasteiger partial charge in [0.15, 0.2) is 10.8 Å². The first-order chi connectivity index (χ1) is 8.44. The van der Waals surface area contributed by atoms with Crippen molar-refractivity contribution in [3.8, 4) is 0 Å². The van der Waals surface area contributed by atoms with Crippen molar-refractivity contribution in [3.05, 3.63) is 11.1 Å². The van der Waals surface area contributed by atoms with Crippen molar-refractivity contribution < 1.29 is 19.5 Å². The number of carboxylic acids is 1. The third-order valence-electron chi connectivity index (χ3n) is 2.40. The molecule has 1 aliphatic carbocycles. The number of primary amides is 1. The van der Waals surface area contributed by atoms with E-state index in [1.807, 2.05) is 0 Å². The largest absolute Gasteiger partial charge is 0.478 e. The molecule has 1 aromatic heterocycles. The normalized spacial score (nSPS) is 17.2. The van der Waals surface area contributed by atoms with E-state index in [0.717, 1.165) is 11.3 Å². The fraction of sp³-hybridized carbons (Fsp3) is 0.333. The molecule has 0 radical (unpaired) electrons. The van der Waals surface area contributed by atoms with E-state index < -0.39 is 17.5 Å². The maximum atomic E-state index is 11.2. The Balaban J connectivity index is 2.21. The molecule has 0 unspecified atom stereocenters. The molecule has 18 heavy (non-hydrogen) atoms. The molecule has 2 rings (SSSR count). The second kappa shape index (κ2) is 4.26. The lowest BCUT2D eigenvalue weighted by Crippen LogP contribution is -2.28. The van der Waals surface area contributed by atoms with Gasteiger partial charge in [-0.25, -0.2) is 9.78 Å². The van der Waals surface area contributed by atoms with Gasteiger partial charge in [0, 0.05) is 18.2 Å². The van der Waals surface area contributed by atoms with Crippen LogP contribution < -0.4 is 11.5 Å². The van der Waals surface area contributed by atoms with E-state index in [2.05, 4.69) is 10.1 Å². The van der Waals surface area contributed by atoms with Crippen LogP contribution in [0, 0.1) is 0 Å². The maximum Gasteiger partial charge on any atom is 0.350 e. The molecule has 5 N–H and O–H groups in total. The Labute approximate surface area is 105 Å². The highest BCUT2D eigenvalue weighted by atomic mass is 32.1. The van der Waals surface area contributed by atoms with E-state index in [9.17, 15) is 9.59 Å². The molecule has 0 saturated heterocycles. The summed E-state index contributed by atoms with van der Waals surface area (Å²) in [4.78, 5) is 30.8. The summed E-state index contributed by atoms with van der Waals surface area (Å²) in [5, 5.41) is 14.1. The average molecular weight is 270 g/mol. The number of hydrogen-bond donors (Lipinski definition) is 3. The Morgan fingerprint density at radius 1 is 1.56 bits per heavy atom. The van der Waals surface area contributed by atoms with Gasteiger partial charge in [-0.15, -0.1) is 11.3 Å². The third kappa shape index (κ3) is 2.25. The Bertz CT molecular complexity index is 534. The molecule has 9 heteroatoms. The van der Waals surface area contributed by atoms with Crippen LogP contribution in [0.1, 0.15) is 18.5 Å². The van der Waals surface area contributed by atoms with Crippen molar-refractivity contribution in [1.82, 2.24) is 4.98 Å². The Hall–Kier alpha value is -2.16. The molecule has 1 aromatic rings. The lowest BCUT2D eigenvalue weighted by molar-refractivity contribution is -0.153. The highest BCUT2D eigenvalue weighted by Gasteiger charge is 2.54. The predicted octanol–water partition coefficient (Wildman–Crippen LogP) is -0.451. The summed E-state index contributed by atoms with van der Waals surface area (Å²) in [6.07, 6.45) is 0.689. The van der Waals surface area contributed by atoms with Gasteiger partial charge in [0.2, 0.25) is 5.60 Å². The van der Waals surface area contributed by atoms with Crippen LogP contribution >= 0.6 is 11.3 Å². The van der Waals surface area contributed by atoms with Gasteiger partial charge in [-0.2, -0.15) is 0 Å². The van der Waals surface area contributed by atoms with Crippen LogP contribution in [0.5, 0.6) is 0 Å². The summed E-state index contributed by atoms with van der Waals surface area (Å²) < 4.78 is 0. The zero-order chi connectivity index (χ0) is 13.3. The number of aliphatic carboxylic acids is 1. The molecule has 1 amide bonds. The van der Waals surface area contributed by atoms with Crippen LogP contribution in [-0.2, 0) is 14.4 Å². The quantitative estimate of drug-likeness (QED) is 0.488. The molecule has 1 fully saturated rings. The number of amides is 1. The van der Waals surface area contributed by atoms with Crippen LogP contribution in [-0.4, -0.2) is 33.3 Å². The van der Waals surface area contributed by atoms with Crippen LogP contribution in [0.15, 0.2) is 10.5 Å². The van der Waals surface area contributed by atoms with Gasteiger partial charge in [-0.3, -0.25) is 4.79 Å². The number of aromatic nitrogens is 1. The molecular formula is C9H10N4O4S. The topological polar surface area (TPSA) is 141 Å². The van der Waals surface area contributed by atoms with E-state index >= 15 is 0 Å². The van der Waals surface area contributed by atoms with Crippen LogP contribution in [0.25, 0.3) is 0 Å². The molecule has 1 aliphatic rings. The Kier molecular flexibility index (Phi) is 2.91. The van der Waals surface area contributed by atoms with E-state index in [1.54, 1.807) is 0 Å². The third-order valence-corrected chi connectivity index (χ3v) is 3.08. The number of nitrogen functional groups attached to an aromatic ring is 1. The summed E-state index contributed by atoms with van der Waals surface area (Å²) in [5.74, 6) is -1.98. The number of carboxylic acid groups (broad SMARTS) is 1. The van der Waals surface area contributed by atoms with Crippen molar-refractivity contribution in [3.63, 3.8) is 0 Å². The van der Waals surface area contributed by atoms with Crippen LogP contribution in [0.4, 0.5) is 5.13 Å². The molecular weight excluding hydrogens is 260 g/mol. The first kappa shape index (κ1) is 12.3. The number of hydrogen-bond acceptors (Lipinski definition) is 7. The van der Waals surface area contributed by atoms with Gasteiger partial charge in [0.1, 0.15) is 5.69 Å². The van der Waals surface area contributed by atoms with Gasteiger partial charge in [0.25, 0.3) is 5.91 Å². The summed E-state index contributed by atoms with van der Waals surface area (Å²) in [6.45, 7) is 0. The van der Waals surface area contributed by atoms with Gasteiger partial charge in [-0.05, 0) is 0 Å². The van der Waals surface area contributed by atoms with Crippen molar-refractivity contribution in [2.45, 2.75) is 18.4 Å². The SMILES string of the molecule is NC(=O)/C(=N\OC1(C(=O)O)CC1)c1csc(N)n1. The maximum absolute atomic E-state index is 11.2. The first-order valence-electron chi connectivity index (χ1n) is 4.95. The number of carbonyl (C=O) groups is 2. The second-order valence-electron chi connectivity index (χ2n) is 3.77. The smallest absolute Gasteiger partial charge is 0.350 e. The minimum Gasteiger partial charge on any atom is -0.478 e. The van der Waals surface area contributed by atoms with Crippen molar-refractivity contribution in [2.24, 2.45) is 10.9 Å². The number of thiazole rings is 1. The minimum atomic E-state index is -1.33. The number of anilines is 1. The number of carbonyl (C=O) groups excluding carboxylic acids is 1. The van der Waals surface area contributed by atoms with E-state index in [4.69, 9.17) is 21.4 Å². The number of rotatable bonds is 5. The molecule has 0 spiro atoms. The molecule has 96 valence electrons. The van der Waals surface area contributed by atoms with Crippen molar-refractivity contribution >= 4 is 34.1 Å². The zero-order valence-electron chi connectivity index (χ0n) is 9.12. The predicted molar refractivity (Wildman–Crippen MR) is 62.9 cm³/mol. The summed E-state index contributed by atoms with van der Waals surface area (Å²) >= 11 is 1.11. The van der Waals surface area contributed by atoms with Gasteiger partial charge < -0.3 is 21.4 Å². The summed E-state index contributed by atoms with van der Waals surface area (Å²) in [5.41, 5.74) is 9.16. The van der Waals surface area contributed by atoms with Gasteiger partial charge in [0.05, 0.1) is 0 Å². The van der Waals surface area contributed by atoms with Crippen molar-refractivity contribution in [1.29, 1.82) is 0 Å². The fourth-order valence-corrected chi connectivity index (χ4v) is 1.75. The lowest BCUT2D eigenvalue weighted by Gasteiger charge is -2.07. The standard InChI is InChI=1S/C9H10N4O4S/c10-6(14)5(4-3-18-8(11)12-4)13-17-9(1-2-9)7(15)16/h3H,1-2H2,(H2,10,14)(H2,11,12)(H,15,16)/b13-5-. The minimum absolute atomic E-state index is 0.172. The molecule has 0 aliphatic heterocycles. The van der Waals surface area contributed by atoms with E-state index in [-0.39, 0.29) is 16.5 Å². The van der Waals surface area contributed by atoms with E-state index in [0.29, 0.717) is 12.8 Å². The molecule has 0 atom stereocenters. The van der Waals surface area contributed by atoms with Gasteiger partial charge >= 0.3 is 5.97 Å². The summed E-state index contributed by atoms with van der Waals surface area (Å²) in [6, 6.07) is 0. The molecule has 1 heterocycles. The molecule has 8 nitrogen and oxygen atoms in total. The zero-order valence-corrected chi connectivity index (χ0v) is 9.94. The molecule has 0 bridgehead atoms. The van der Waals surface area contributed by atoms with Crippen molar-refractivity contribution in [2.75, 3.05) is 5.73 Å². The summed E-state index contributed by atoms with van der Waals surface area (Å²) in [7, 11) is 0. The first-order valence-corrected chi connectivity index (χ1v) is 5.83.